The Morgan fingerprint density at radius 1 is 1.14 bits per heavy atom. The number of piperidine rings is 1. The minimum atomic E-state index is -3.32. The Balaban J connectivity index is 2.07. The van der Waals surface area contributed by atoms with E-state index in [9.17, 15) is 8.42 Å². The molecule has 0 unspecified atom stereocenters. The standard InChI is InChI=1S/C15H27N3O2S/c1-12(2)16(5)21(19,20)17-10-8-15(9-11-17)18-13(3)6-7-14(18)4/h6-7,12,15H,8-11H2,1-5H3. The van der Waals surface area contributed by atoms with Gasteiger partial charge in [-0.05, 0) is 52.7 Å². The third-order valence-corrected chi connectivity index (χ3v) is 6.70. The second kappa shape index (κ2) is 6.10. The van der Waals surface area contributed by atoms with E-state index in [1.807, 2.05) is 13.8 Å². The first-order chi connectivity index (χ1) is 9.75. The third kappa shape index (κ3) is 3.17. The second-order valence-electron chi connectivity index (χ2n) is 6.23. The lowest BCUT2D eigenvalue weighted by Crippen LogP contribution is -2.48. The zero-order chi connectivity index (χ0) is 15.8. The second-order valence-corrected chi connectivity index (χ2v) is 8.22. The Morgan fingerprint density at radius 2 is 1.62 bits per heavy atom. The third-order valence-electron chi connectivity index (χ3n) is 4.53. The average Bonchev–Trinajstić information content (AvgIpc) is 2.77. The van der Waals surface area contributed by atoms with Gasteiger partial charge in [0.15, 0.2) is 0 Å². The monoisotopic (exact) mass is 313 g/mol. The molecule has 1 aromatic heterocycles. The molecule has 1 saturated heterocycles. The summed E-state index contributed by atoms with van der Waals surface area (Å²) >= 11 is 0. The van der Waals surface area contributed by atoms with Crippen molar-refractivity contribution in [2.45, 2.75) is 52.6 Å². The first-order valence-electron chi connectivity index (χ1n) is 7.62. The summed E-state index contributed by atoms with van der Waals surface area (Å²) in [5.41, 5.74) is 2.52. The molecule has 0 radical (unpaired) electrons. The van der Waals surface area contributed by atoms with E-state index < -0.39 is 10.2 Å². The Bertz CT molecular complexity index is 565. The number of nitrogens with zero attached hydrogens (tertiary/aromatic N) is 3. The molecule has 0 bridgehead atoms. The van der Waals surface area contributed by atoms with E-state index in [0.29, 0.717) is 19.1 Å². The molecule has 1 aromatic rings. The van der Waals surface area contributed by atoms with Gasteiger partial charge >= 0.3 is 0 Å². The van der Waals surface area contributed by atoms with Gasteiger partial charge < -0.3 is 4.57 Å². The summed E-state index contributed by atoms with van der Waals surface area (Å²) in [6.45, 7) is 9.22. The topological polar surface area (TPSA) is 45.6 Å². The highest BCUT2D eigenvalue weighted by atomic mass is 32.2. The Hall–Kier alpha value is -0.850. The lowest BCUT2D eigenvalue weighted by atomic mass is 10.1. The van der Waals surface area contributed by atoms with Crippen molar-refractivity contribution < 1.29 is 8.42 Å². The molecule has 0 atom stereocenters. The molecule has 1 aliphatic rings. The van der Waals surface area contributed by atoms with E-state index in [-0.39, 0.29) is 6.04 Å². The minimum absolute atomic E-state index is 0.0124. The van der Waals surface area contributed by atoms with E-state index >= 15 is 0 Å². The van der Waals surface area contributed by atoms with Gasteiger partial charge in [0, 0.05) is 43.6 Å². The molecular formula is C15H27N3O2S. The minimum Gasteiger partial charge on any atom is -0.346 e. The maximum absolute atomic E-state index is 12.5. The molecule has 0 saturated carbocycles. The lowest BCUT2D eigenvalue weighted by Gasteiger charge is -2.36. The van der Waals surface area contributed by atoms with Crippen LogP contribution in [0.1, 0.15) is 44.1 Å². The Labute approximate surface area is 128 Å². The van der Waals surface area contributed by atoms with Crippen LogP contribution >= 0.6 is 0 Å². The van der Waals surface area contributed by atoms with Crippen LogP contribution < -0.4 is 0 Å². The fraction of sp³-hybridized carbons (Fsp3) is 0.733. The summed E-state index contributed by atoms with van der Waals surface area (Å²) in [4.78, 5) is 0. The molecule has 2 heterocycles. The van der Waals surface area contributed by atoms with Crippen LogP contribution in [0.15, 0.2) is 12.1 Å². The van der Waals surface area contributed by atoms with Gasteiger partial charge in [-0.3, -0.25) is 0 Å². The van der Waals surface area contributed by atoms with Crippen LogP contribution in [0.25, 0.3) is 0 Å². The van der Waals surface area contributed by atoms with Crippen LogP contribution in [-0.4, -0.2) is 47.8 Å². The molecule has 6 heteroatoms. The molecule has 21 heavy (non-hydrogen) atoms. The van der Waals surface area contributed by atoms with Gasteiger partial charge in [0.1, 0.15) is 0 Å². The van der Waals surface area contributed by atoms with Gasteiger partial charge in [-0.1, -0.05) is 0 Å². The van der Waals surface area contributed by atoms with Gasteiger partial charge in [-0.15, -0.1) is 0 Å². The van der Waals surface area contributed by atoms with Gasteiger partial charge in [0.2, 0.25) is 0 Å². The van der Waals surface area contributed by atoms with Gasteiger partial charge in [-0.25, -0.2) is 0 Å². The van der Waals surface area contributed by atoms with Crippen molar-refractivity contribution in [3.63, 3.8) is 0 Å². The van der Waals surface area contributed by atoms with Crippen molar-refractivity contribution in [1.82, 2.24) is 13.2 Å². The average molecular weight is 313 g/mol. The number of aromatic nitrogens is 1. The summed E-state index contributed by atoms with van der Waals surface area (Å²) in [5.74, 6) is 0. The molecule has 0 amide bonds. The van der Waals surface area contributed by atoms with Crippen molar-refractivity contribution in [3.8, 4) is 0 Å². The highest BCUT2D eigenvalue weighted by Crippen LogP contribution is 2.28. The normalized spacial score (nSPS) is 18.8. The molecular weight excluding hydrogens is 286 g/mol. The molecule has 120 valence electrons. The predicted molar refractivity (Wildman–Crippen MR) is 85.6 cm³/mol. The fourth-order valence-electron chi connectivity index (χ4n) is 3.04. The van der Waals surface area contributed by atoms with Gasteiger partial charge in [0.25, 0.3) is 10.2 Å². The maximum atomic E-state index is 12.5. The Kier molecular flexibility index (Phi) is 4.80. The van der Waals surface area contributed by atoms with Gasteiger partial charge in [0.05, 0.1) is 0 Å². The number of rotatable bonds is 4. The molecule has 0 aromatic carbocycles. The van der Waals surface area contributed by atoms with Crippen molar-refractivity contribution in [1.29, 1.82) is 0 Å². The lowest BCUT2D eigenvalue weighted by molar-refractivity contribution is 0.251. The summed E-state index contributed by atoms with van der Waals surface area (Å²) in [7, 11) is -1.66. The highest BCUT2D eigenvalue weighted by molar-refractivity contribution is 7.86. The van der Waals surface area contributed by atoms with Crippen LogP contribution in [0.4, 0.5) is 0 Å². The van der Waals surface area contributed by atoms with Crippen LogP contribution in [0.5, 0.6) is 0 Å². The molecule has 0 spiro atoms. The summed E-state index contributed by atoms with van der Waals surface area (Å²) in [6, 6.07) is 4.66. The van der Waals surface area contributed by atoms with E-state index in [0.717, 1.165) is 12.8 Å². The summed E-state index contributed by atoms with van der Waals surface area (Å²) < 4.78 is 30.4. The zero-order valence-corrected chi connectivity index (χ0v) is 14.5. The molecule has 0 aliphatic carbocycles. The number of aryl methyl sites for hydroxylation is 2. The largest absolute Gasteiger partial charge is 0.346 e. The van der Waals surface area contributed by atoms with E-state index in [1.165, 1.54) is 15.7 Å². The molecule has 1 aliphatic heterocycles. The van der Waals surface area contributed by atoms with Crippen LogP contribution in [0.3, 0.4) is 0 Å². The van der Waals surface area contributed by atoms with Crippen molar-refractivity contribution >= 4 is 10.2 Å². The molecule has 5 nitrogen and oxygen atoms in total. The molecule has 1 fully saturated rings. The van der Waals surface area contributed by atoms with Gasteiger partial charge in [-0.2, -0.15) is 17.0 Å². The smallest absolute Gasteiger partial charge is 0.281 e. The van der Waals surface area contributed by atoms with Crippen LogP contribution in [0, 0.1) is 13.8 Å². The number of hydrogen-bond acceptors (Lipinski definition) is 2. The summed E-state index contributed by atoms with van der Waals surface area (Å²) in [6.07, 6.45) is 1.75. The Morgan fingerprint density at radius 3 is 2.05 bits per heavy atom. The molecule has 2 rings (SSSR count). The first-order valence-corrected chi connectivity index (χ1v) is 9.02. The van der Waals surface area contributed by atoms with E-state index in [2.05, 4.69) is 30.5 Å². The van der Waals surface area contributed by atoms with E-state index in [1.54, 1.807) is 11.4 Å². The van der Waals surface area contributed by atoms with Crippen molar-refractivity contribution in [3.05, 3.63) is 23.5 Å². The SMILES string of the molecule is Cc1ccc(C)n1C1CCN(S(=O)(=O)N(C)C(C)C)CC1. The van der Waals surface area contributed by atoms with E-state index in [4.69, 9.17) is 0 Å². The fourth-order valence-corrected chi connectivity index (χ4v) is 4.60. The molecule has 0 N–H and O–H groups in total. The quantitative estimate of drug-likeness (QED) is 0.856. The van der Waals surface area contributed by atoms with Crippen LogP contribution in [-0.2, 0) is 10.2 Å². The van der Waals surface area contributed by atoms with Crippen molar-refractivity contribution in [2.24, 2.45) is 0 Å². The zero-order valence-electron chi connectivity index (χ0n) is 13.7. The maximum Gasteiger partial charge on any atom is 0.281 e. The summed E-state index contributed by atoms with van der Waals surface area (Å²) in [5, 5.41) is 0. The first kappa shape index (κ1) is 16.5. The van der Waals surface area contributed by atoms with Crippen LogP contribution in [0.2, 0.25) is 0 Å². The predicted octanol–water partition coefficient (Wildman–Crippen LogP) is 2.33. The number of hydrogen-bond donors (Lipinski definition) is 0. The highest BCUT2D eigenvalue weighted by Gasteiger charge is 2.32. The van der Waals surface area contributed by atoms with Crippen molar-refractivity contribution in [2.75, 3.05) is 20.1 Å².